The molecule has 1 nitrogen and oxygen atoms in total. The monoisotopic (exact) mass is 225 g/mol. The standard InChI is InChI=1S/C13H17F2N/c1-13(2)11(7-8-16-13)9-3-5-10(6-4-9)12(14)15/h3-6,11-12,16H,7-8H2,1-2H3. The van der Waals surface area contributed by atoms with Crippen LogP contribution in [0.2, 0.25) is 0 Å². The van der Waals surface area contributed by atoms with Crippen LogP contribution < -0.4 is 5.32 Å². The van der Waals surface area contributed by atoms with Gasteiger partial charge in [-0.2, -0.15) is 0 Å². The van der Waals surface area contributed by atoms with Gasteiger partial charge >= 0.3 is 0 Å². The number of hydrogen-bond donors (Lipinski definition) is 1. The fourth-order valence-electron chi connectivity index (χ4n) is 2.48. The Morgan fingerprint density at radius 2 is 1.88 bits per heavy atom. The molecule has 0 aliphatic carbocycles. The van der Waals surface area contributed by atoms with Crippen LogP contribution >= 0.6 is 0 Å². The van der Waals surface area contributed by atoms with E-state index in [1.165, 1.54) is 12.1 Å². The van der Waals surface area contributed by atoms with Crippen LogP contribution in [0.3, 0.4) is 0 Å². The first-order chi connectivity index (χ1) is 7.50. The van der Waals surface area contributed by atoms with Crippen molar-refractivity contribution in [3.63, 3.8) is 0 Å². The Balaban J connectivity index is 2.22. The van der Waals surface area contributed by atoms with Crippen LogP contribution in [0.5, 0.6) is 0 Å². The summed E-state index contributed by atoms with van der Waals surface area (Å²) in [5, 5.41) is 3.43. The topological polar surface area (TPSA) is 12.0 Å². The van der Waals surface area contributed by atoms with Crippen LogP contribution in [0.1, 0.15) is 43.7 Å². The van der Waals surface area contributed by atoms with Crippen LogP contribution in [-0.4, -0.2) is 12.1 Å². The third kappa shape index (κ3) is 2.09. The van der Waals surface area contributed by atoms with Gasteiger partial charge < -0.3 is 5.32 Å². The summed E-state index contributed by atoms with van der Waals surface area (Å²) in [6, 6.07) is 6.74. The van der Waals surface area contributed by atoms with Gasteiger partial charge in [0.2, 0.25) is 0 Å². The Morgan fingerprint density at radius 1 is 1.25 bits per heavy atom. The largest absolute Gasteiger partial charge is 0.311 e. The summed E-state index contributed by atoms with van der Waals surface area (Å²) in [4.78, 5) is 0. The Kier molecular flexibility index (Phi) is 2.98. The van der Waals surface area contributed by atoms with Crippen LogP contribution in [0.25, 0.3) is 0 Å². The number of alkyl halides is 2. The predicted octanol–water partition coefficient (Wildman–Crippen LogP) is 3.48. The highest BCUT2D eigenvalue weighted by Crippen LogP contribution is 2.35. The lowest BCUT2D eigenvalue weighted by atomic mass is 9.83. The average Bonchev–Trinajstić information content (AvgIpc) is 2.58. The SMILES string of the molecule is CC1(C)NCCC1c1ccc(C(F)F)cc1. The van der Waals surface area contributed by atoms with E-state index in [4.69, 9.17) is 0 Å². The van der Waals surface area contributed by atoms with Gasteiger partial charge in [0.15, 0.2) is 0 Å². The van der Waals surface area contributed by atoms with Gasteiger partial charge in [-0.3, -0.25) is 0 Å². The number of benzene rings is 1. The second-order valence-electron chi connectivity index (χ2n) is 4.96. The lowest BCUT2D eigenvalue weighted by Crippen LogP contribution is -2.36. The van der Waals surface area contributed by atoms with E-state index >= 15 is 0 Å². The van der Waals surface area contributed by atoms with Crippen molar-refractivity contribution in [3.05, 3.63) is 35.4 Å². The molecule has 1 heterocycles. The molecule has 3 heteroatoms. The molecule has 1 unspecified atom stereocenters. The highest BCUT2D eigenvalue weighted by Gasteiger charge is 2.34. The molecule has 2 rings (SSSR count). The minimum Gasteiger partial charge on any atom is -0.311 e. The van der Waals surface area contributed by atoms with Crippen molar-refractivity contribution in [3.8, 4) is 0 Å². The van der Waals surface area contributed by atoms with E-state index in [1.54, 1.807) is 0 Å². The first-order valence-electron chi connectivity index (χ1n) is 5.64. The van der Waals surface area contributed by atoms with Gasteiger partial charge in [-0.05, 0) is 32.4 Å². The highest BCUT2D eigenvalue weighted by molar-refractivity contribution is 5.29. The average molecular weight is 225 g/mol. The molecule has 0 amide bonds. The number of rotatable bonds is 2. The van der Waals surface area contributed by atoms with E-state index in [0.29, 0.717) is 5.92 Å². The molecule has 0 aromatic heterocycles. The lowest BCUT2D eigenvalue weighted by Gasteiger charge is -2.27. The van der Waals surface area contributed by atoms with Crippen molar-refractivity contribution in [2.45, 2.75) is 38.2 Å². The first kappa shape index (κ1) is 11.5. The molecule has 0 saturated carbocycles. The Hall–Kier alpha value is -0.960. The van der Waals surface area contributed by atoms with Crippen LogP contribution in [0, 0.1) is 0 Å². The fourth-order valence-corrected chi connectivity index (χ4v) is 2.48. The number of halogens is 2. The molecule has 1 aliphatic heterocycles. The summed E-state index contributed by atoms with van der Waals surface area (Å²) in [5.74, 6) is 0.416. The van der Waals surface area contributed by atoms with E-state index < -0.39 is 6.43 Å². The zero-order valence-electron chi connectivity index (χ0n) is 9.63. The summed E-state index contributed by atoms with van der Waals surface area (Å²) >= 11 is 0. The smallest absolute Gasteiger partial charge is 0.263 e. The summed E-state index contributed by atoms with van der Waals surface area (Å²) in [6.07, 6.45) is -1.30. The summed E-state index contributed by atoms with van der Waals surface area (Å²) in [6.45, 7) is 5.31. The van der Waals surface area contributed by atoms with E-state index in [-0.39, 0.29) is 11.1 Å². The van der Waals surface area contributed by atoms with E-state index in [1.807, 2.05) is 12.1 Å². The molecule has 88 valence electrons. The number of nitrogens with one attached hydrogen (secondary N) is 1. The van der Waals surface area contributed by atoms with Crippen molar-refractivity contribution < 1.29 is 8.78 Å². The maximum atomic E-state index is 12.4. The predicted molar refractivity (Wildman–Crippen MR) is 60.8 cm³/mol. The molecule has 1 atom stereocenters. The van der Waals surface area contributed by atoms with Crippen molar-refractivity contribution in [2.24, 2.45) is 0 Å². The van der Waals surface area contributed by atoms with Gasteiger partial charge in [0.25, 0.3) is 6.43 Å². The fraction of sp³-hybridized carbons (Fsp3) is 0.538. The lowest BCUT2D eigenvalue weighted by molar-refractivity contribution is 0.151. The van der Waals surface area contributed by atoms with Gasteiger partial charge in [0, 0.05) is 17.0 Å². The highest BCUT2D eigenvalue weighted by atomic mass is 19.3. The molecule has 1 aliphatic rings. The van der Waals surface area contributed by atoms with Gasteiger partial charge in [0.1, 0.15) is 0 Å². The molecule has 0 spiro atoms. The third-order valence-corrected chi connectivity index (χ3v) is 3.48. The van der Waals surface area contributed by atoms with Gasteiger partial charge in [-0.1, -0.05) is 24.3 Å². The van der Waals surface area contributed by atoms with Crippen molar-refractivity contribution in [1.82, 2.24) is 5.32 Å². The zero-order valence-corrected chi connectivity index (χ0v) is 9.63. The van der Waals surface area contributed by atoms with Gasteiger partial charge in [-0.15, -0.1) is 0 Å². The molecule has 16 heavy (non-hydrogen) atoms. The van der Waals surface area contributed by atoms with Crippen molar-refractivity contribution in [1.29, 1.82) is 0 Å². The molecule has 1 N–H and O–H groups in total. The molecule has 1 aromatic rings. The maximum absolute atomic E-state index is 12.4. The van der Waals surface area contributed by atoms with Crippen LogP contribution in [0.4, 0.5) is 8.78 Å². The molecule has 1 aromatic carbocycles. The summed E-state index contributed by atoms with van der Waals surface area (Å²) in [5.41, 5.74) is 1.32. The molecular weight excluding hydrogens is 208 g/mol. The van der Waals surface area contributed by atoms with E-state index in [0.717, 1.165) is 18.5 Å². The van der Waals surface area contributed by atoms with E-state index in [2.05, 4.69) is 19.2 Å². The maximum Gasteiger partial charge on any atom is 0.263 e. The summed E-state index contributed by atoms with van der Waals surface area (Å²) < 4.78 is 24.8. The van der Waals surface area contributed by atoms with Crippen LogP contribution in [0.15, 0.2) is 24.3 Å². The Labute approximate surface area is 94.9 Å². The normalized spacial score (nSPS) is 23.9. The second-order valence-corrected chi connectivity index (χ2v) is 4.96. The summed E-state index contributed by atoms with van der Waals surface area (Å²) in [7, 11) is 0. The van der Waals surface area contributed by atoms with Gasteiger partial charge in [0.05, 0.1) is 0 Å². The number of hydrogen-bond acceptors (Lipinski definition) is 1. The Morgan fingerprint density at radius 3 is 2.31 bits per heavy atom. The third-order valence-electron chi connectivity index (χ3n) is 3.48. The van der Waals surface area contributed by atoms with Crippen molar-refractivity contribution >= 4 is 0 Å². The zero-order chi connectivity index (χ0) is 11.8. The Bertz CT molecular complexity index is 357. The quantitative estimate of drug-likeness (QED) is 0.812. The molecule has 0 bridgehead atoms. The second kappa shape index (κ2) is 4.13. The molecular formula is C13H17F2N. The van der Waals surface area contributed by atoms with E-state index in [9.17, 15) is 8.78 Å². The molecule has 1 saturated heterocycles. The van der Waals surface area contributed by atoms with Crippen LogP contribution in [-0.2, 0) is 0 Å². The van der Waals surface area contributed by atoms with Gasteiger partial charge in [-0.25, -0.2) is 8.78 Å². The van der Waals surface area contributed by atoms with Crippen molar-refractivity contribution in [2.75, 3.05) is 6.54 Å². The molecule has 0 radical (unpaired) electrons. The minimum atomic E-state index is -2.37. The molecule has 1 fully saturated rings. The first-order valence-corrected chi connectivity index (χ1v) is 5.64. The minimum absolute atomic E-state index is 0.0619.